The first-order valence-electron chi connectivity index (χ1n) is 8.09. The number of carbonyl (C=O) groups is 1. The molecule has 0 aromatic carbocycles. The number of amides is 1. The Morgan fingerprint density at radius 1 is 1.26 bits per heavy atom. The number of carbonyl (C=O) groups excluding carboxylic acids is 1. The second-order valence-electron chi connectivity index (χ2n) is 6.29. The smallest absolute Gasteiger partial charge is 0.225 e. The minimum atomic E-state index is 0.230. The van der Waals surface area contributed by atoms with Crippen LogP contribution in [0.3, 0.4) is 0 Å². The first-order valence-corrected chi connectivity index (χ1v) is 8.09. The summed E-state index contributed by atoms with van der Waals surface area (Å²) in [5.41, 5.74) is 0. The molecule has 19 heavy (non-hydrogen) atoms. The lowest BCUT2D eigenvalue weighted by molar-refractivity contribution is -0.139. The van der Waals surface area contributed by atoms with Crippen molar-refractivity contribution in [2.45, 2.75) is 52.4 Å². The summed E-state index contributed by atoms with van der Waals surface area (Å²) < 4.78 is 5.52. The fourth-order valence-corrected chi connectivity index (χ4v) is 3.63. The SMILES string of the molecule is CCOCC1CCCN(C(=O)C(C)C2CCCC2)C1. The van der Waals surface area contributed by atoms with E-state index < -0.39 is 0 Å². The number of hydrogen-bond donors (Lipinski definition) is 0. The molecule has 1 saturated carbocycles. The molecule has 2 fully saturated rings. The predicted octanol–water partition coefficient (Wildman–Crippen LogP) is 3.09. The van der Waals surface area contributed by atoms with E-state index in [0.29, 0.717) is 17.7 Å². The highest BCUT2D eigenvalue weighted by molar-refractivity contribution is 5.79. The molecule has 1 amide bonds. The van der Waals surface area contributed by atoms with Crippen molar-refractivity contribution < 1.29 is 9.53 Å². The van der Waals surface area contributed by atoms with Crippen LogP contribution >= 0.6 is 0 Å². The molecule has 2 rings (SSSR count). The third-order valence-corrected chi connectivity index (χ3v) is 4.88. The van der Waals surface area contributed by atoms with Crippen LogP contribution in [-0.4, -0.2) is 37.1 Å². The lowest BCUT2D eigenvalue weighted by Gasteiger charge is -2.35. The fourth-order valence-electron chi connectivity index (χ4n) is 3.63. The summed E-state index contributed by atoms with van der Waals surface area (Å²) in [6.45, 7) is 7.65. The standard InChI is InChI=1S/C16H29NO2/c1-3-19-12-14-7-6-10-17(11-14)16(18)13(2)15-8-4-5-9-15/h13-15H,3-12H2,1-2H3. The van der Waals surface area contributed by atoms with E-state index >= 15 is 0 Å². The van der Waals surface area contributed by atoms with Gasteiger partial charge in [0.05, 0.1) is 6.61 Å². The van der Waals surface area contributed by atoms with E-state index in [0.717, 1.165) is 32.7 Å². The third-order valence-electron chi connectivity index (χ3n) is 4.88. The molecule has 0 bridgehead atoms. The van der Waals surface area contributed by atoms with Gasteiger partial charge in [-0.25, -0.2) is 0 Å². The van der Waals surface area contributed by atoms with Crippen LogP contribution in [0.1, 0.15) is 52.4 Å². The van der Waals surface area contributed by atoms with Crippen LogP contribution in [0.2, 0.25) is 0 Å². The van der Waals surface area contributed by atoms with Crippen LogP contribution < -0.4 is 0 Å². The molecule has 2 unspecified atom stereocenters. The molecule has 0 N–H and O–H groups in total. The summed E-state index contributed by atoms with van der Waals surface area (Å²) in [7, 11) is 0. The molecule has 1 aliphatic carbocycles. The molecule has 2 aliphatic rings. The zero-order valence-corrected chi connectivity index (χ0v) is 12.6. The largest absolute Gasteiger partial charge is 0.381 e. The Hall–Kier alpha value is -0.570. The van der Waals surface area contributed by atoms with E-state index in [-0.39, 0.29) is 5.92 Å². The van der Waals surface area contributed by atoms with Crippen molar-refractivity contribution in [2.75, 3.05) is 26.3 Å². The molecular formula is C16H29NO2. The van der Waals surface area contributed by atoms with E-state index in [9.17, 15) is 4.79 Å². The molecular weight excluding hydrogens is 238 g/mol. The van der Waals surface area contributed by atoms with Gasteiger partial charge in [-0.2, -0.15) is 0 Å². The van der Waals surface area contributed by atoms with Crippen molar-refractivity contribution in [1.82, 2.24) is 4.90 Å². The van der Waals surface area contributed by atoms with Gasteiger partial charge in [0.15, 0.2) is 0 Å². The normalized spacial score (nSPS) is 26.6. The fraction of sp³-hybridized carbons (Fsp3) is 0.938. The lowest BCUT2D eigenvalue weighted by atomic mass is 9.90. The molecule has 0 aromatic rings. The van der Waals surface area contributed by atoms with Gasteiger partial charge in [0, 0.05) is 25.6 Å². The van der Waals surface area contributed by atoms with Crippen LogP contribution in [0.5, 0.6) is 0 Å². The number of piperidine rings is 1. The Balaban J connectivity index is 1.83. The highest BCUT2D eigenvalue weighted by Gasteiger charge is 2.32. The molecule has 1 heterocycles. The Morgan fingerprint density at radius 2 is 2.00 bits per heavy atom. The molecule has 3 nitrogen and oxygen atoms in total. The number of rotatable bonds is 5. The first kappa shape index (κ1) is 14.8. The summed E-state index contributed by atoms with van der Waals surface area (Å²) in [4.78, 5) is 14.7. The maximum Gasteiger partial charge on any atom is 0.225 e. The quantitative estimate of drug-likeness (QED) is 0.766. The molecule has 0 aromatic heterocycles. The highest BCUT2D eigenvalue weighted by Crippen LogP contribution is 2.32. The zero-order chi connectivity index (χ0) is 13.7. The third kappa shape index (κ3) is 3.95. The Morgan fingerprint density at radius 3 is 2.68 bits per heavy atom. The van der Waals surface area contributed by atoms with Crippen molar-refractivity contribution in [1.29, 1.82) is 0 Å². The van der Waals surface area contributed by atoms with Crippen LogP contribution in [0.25, 0.3) is 0 Å². The van der Waals surface area contributed by atoms with E-state index in [1.807, 2.05) is 6.92 Å². The van der Waals surface area contributed by atoms with Crippen LogP contribution in [0.15, 0.2) is 0 Å². The van der Waals surface area contributed by atoms with Crippen molar-refractivity contribution >= 4 is 5.91 Å². The van der Waals surface area contributed by atoms with Crippen LogP contribution in [-0.2, 0) is 9.53 Å². The summed E-state index contributed by atoms with van der Waals surface area (Å²) in [5.74, 6) is 1.81. The summed E-state index contributed by atoms with van der Waals surface area (Å²) >= 11 is 0. The number of likely N-dealkylation sites (tertiary alicyclic amines) is 1. The second kappa shape index (κ2) is 7.28. The lowest BCUT2D eigenvalue weighted by Crippen LogP contribution is -2.44. The van der Waals surface area contributed by atoms with Crippen molar-refractivity contribution in [3.63, 3.8) is 0 Å². The average Bonchev–Trinajstić information content (AvgIpc) is 2.98. The van der Waals surface area contributed by atoms with E-state index in [1.165, 1.54) is 32.1 Å². The summed E-state index contributed by atoms with van der Waals surface area (Å²) in [5, 5.41) is 0. The van der Waals surface area contributed by atoms with Crippen molar-refractivity contribution in [2.24, 2.45) is 17.8 Å². The predicted molar refractivity (Wildman–Crippen MR) is 76.9 cm³/mol. The van der Waals surface area contributed by atoms with Gasteiger partial charge in [-0.05, 0) is 44.4 Å². The van der Waals surface area contributed by atoms with Gasteiger partial charge in [-0.3, -0.25) is 4.79 Å². The number of nitrogens with zero attached hydrogens (tertiary/aromatic N) is 1. The topological polar surface area (TPSA) is 29.5 Å². The second-order valence-corrected chi connectivity index (χ2v) is 6.29. The van der Waals surface area contributed by atoms with Crippen molar-refractivity contribution in [3.8, 4) is 0 Å². The molecule has 1 saturated heterocycles. The number of hydrogen-bond acceptors (Lipinski definition) is 2. The van der Waals surface area contributed by atoms with Crippen LogP contribution in [0, 0.1) is 17.8 Å². The minimum absolute atomic E-state index is 0.230. The Bertz CT molecular complexity index is 286. The van der Waals surface area contributed by atoms with E-state index in [1.54, 1.807) is 0 Å². The van der Waals surface area contributed by atoms with Gasteiger partial charge >= 0.3 is 0 Å². The van der Waals surface area contributed by atoms with Gasteiger partial charge in [0.2, 0.25) is 5.91 Å². The Kier molecular flexibility index (Phi) is 5.68. The summed E-state index contributed by atoms with van der Waals surface area (Å²) in [6.07, 6.45) is 7.49. The molecule has 2 atom stereocenters. The van der Waals surface area contributed by atoms with E-state index in [2.05, 4.69) is 11.8 Å². The Labute approximate surface area is 117 Å². The van der Waals surface area contributed by atoms with Gasteiger partial charge in [0.25, 0.3) is 0 Å². The highest BCUT2D eigenvalue weighted by atomic mass is 16.5. The maximum atomic E-state index is 12.6. The van der Waals surface area contributed by atoms with Gasteiger partial charge < -0.3 is 9.64 Å². The van der Waals surface area contributed by atoms with Gasteiger partial charge in [-0.1, -0.05) is 19.8 Å². The summed E-state index contributed by atoms with van der Waals surface area (Å²) in [6, 6.07) is 0. The molecule has 3 heteroatoms. The van der Waals surface area contributed by atoms with E-state index in [4.69, 9.17) is 4.74 Å². The minimum Gasteiger partial charge on any atom is -0.381 e. The zero-order valence-electron chi connectivity index (χ0n) is 12.6. The maximum absolute atomic E-state index is 12.6. The molecule has 110 valence electrons. The first-order chi connectivity index (χ1) is 9.22. The van der Waals surface area contributed by atoms with Crippen molar-refractivity contribution in [3.05, 3.63) is 0 Å². The van der Waals surface area contributed by atoms with Gasteiger partial charge in [-0.15, -0.1) is 0 Å². The average molecular weight is 267 g/mol. The van der Waals surface area contributed by atoms with Gasteiger partial charge in [0.1, 0.15) is 0 Å². The number of ether oxygens (including phenoxy) is 1. The monoisotopic (exact) mass is 267 g/mol. The molecule has 1 aliphatic heterocycles. The molecule has 0 radical (unpaired) electrons. The molecule has 0 spiro atoms. The van der Waals surface area contributed by atoms with Crippen LogP contribution in [0.4, 0.5) is 0 Å².